The molecular formula is C20H17NO2S2. The predicted molar refractivity (Wildman–Crippen MR) is 109 cm³/mol. The van der Waals surface area contributed by atoms with Crippen molar-refractivity contribution in [2.45, 2.75) is 6.92 Å². The van der Waals surface area contributed by atoms with E-state index >= 15 is 0 Å². The third kappa shape index (κ3) is 3.83. The Morgan fingerprint density at radius 2 is 1.80 bits per heavy atom. The quantitative estimate of drug-likeness (QED) is 0.559. The number of amides is 1. The molecule has 0 atom stereocenters. The maximum atomic E-state index is 12.8. The SMILES string of the molecule is COc1ccccc1N1C(=O)/C(=C/C(C)=C/c2ccccc2)SC1=S. The van der Waals surface area contributed by atoms with Crippen molar-refractivity contribution in [2.24, 2.45) is 0 Å². The standard InChI is InChI=1S/C20H17NO2S2/c1-14(12-15-8-4-3-5-9-15)13-18-19(22)21(20(24)25-18)16-10-6-7-11-17(16)23-2/h3-13H,1-2H3/b14-12+,18-13-. The van der Waals surface area contributed by atoms with Crippen LogP contribution in [-0.2, 0) is 4.79 Å². The van der Waals surface area contributed by atoms with E-state index in [9.17, 15) is 4.79 Å². The van der Waals surface area contributed by atoms with Crippen LogP contribution in [0, 0.1) is 0 Å². The van der Waals surface area contributed by atoms with Crippen LogP contribution in [0.15, 0.2) is 71.2 Å². The van der Waals surface area contributed by atoms with E-state index < -0.39 is 0 Å². The minimum atomic E-state index is -0.125. The zero-order valence-electron chi connectivity index (χ0n) is 13.9. The van der Waals surface area contributed by atoms with Crippen LogP contribution in [0.2, 0.25) is 0 Å². The molecule has 1 heterocycles. The van der Waals surface area contributed by atoms with Crippen molar-refractivity contribution >= 4 is 46.0 Å². The molecule has 3 nitrogen and oxygen atoms in total. The van der Waals surface area contributed by atoms with Gasteiger partial charge in [-0.2, -0.15) is 0 Å². The van der Waals surface area contributed by atoms with Gasteiger partial charge in [0.15, 0.2) is 4.32 Å². The molecule has 1 aliphatic heterocycles. The van der Waals surface area contributed by atoms with Crippen molar-refractivity contribution in [3.05, 3.63) is 76.7 Å². The Balaban J connectivity index is 1.90. The van der Waals surface area contributed by atoms with Gasteiger partial charge in [0.1, 0.15) is 5.75 Å². The Bertz CT molecular complexity index is 872. The highest BCUT2D eigenvalue weighted by Gasteiger charge is 2.34. The van der Waals surface area contributed by atoms with Crippen LogP contribution in [0.4, 0.5) is 5.69 Å². The molecule has 2 aromatic carbocycles. The third-order valence-electron chi connectivity index (χ3n) is 3.67. The second-order valence-electron chi connectivity index (χ2n) is 5.49. The van der Waals surface area contributed by atoms with Crippen LogP contribution in [0.1, 0.15) is 12.5 Å². The van der Waals surface area contributed by atoms with Gasteiger partial charge in [-0.05, 0) is 36.3 Å². The number of para-hydroxylation sites is 2. The number of hydrogen-bond acceptors (Lipinski definition) is 4. The number of carbonyl (C=O) groups excluding carboxylic acids is 1. The highest BCUT2D eigenvalue weighted by molar-refractivity contribution is 8.27. The number of thioether (sulfide) groups is 1. The van der Waals surface area contributed by atoms with E-state index in [1.54, 1.807) is 7.11 Å². The van der Waals surface area contributed by atoms with Crippen molar-refractivity contribution in [3.8, 4) is 5.75 Å². The highest BCUT2D eigenvalue weighted by atomic mass is 32.2. The highest BCUT2D eigenvalue weighted by Crippen LogP contribution is 2.39. The van der Waals surface area contributed by atoms with Crippen molar-refractivity contribution in [3.63, 3.8) is 0 Å². The lowest BCUT2D eigenvalue weighted by atomic mass is 10.1. The van der Waals surface area contributed by atoms with Crippen LogP contribution in [0.5, 0.6) is 5.75 Å². The number of allylic oxidation sites excluding steroid dienone is 2. The molecular weight excluding hydrogens is 350 g/mol. The number of anilines is 1. The third-order valence-corrected chi connectivity index (χ3v) is 4.97. The van der Waals surface area contributed by atoms with Crippen LogP contribution in [-0.4, -0.2) is 17.3 Å². The number of hydrogen-bond donors (Lipinski definition) is 0. The molecule has 2 aromatic rings. The van der Waals surface area contributed by atoms with Crippen LogP contribution in [0.3, 0.4) is 0 Å². The molecule has 25 heavy (non-hydrogen) atoms. The second-order valence-corrected chi connectivity index (χ2v) is 7.16. The number of rotatable bonds is 4. The minimum Gasteiger partial charge on any atom is -0.495 e. The zero-order chi connectivity index (χ0) is 17.8. The second kappa shape index (κ2) is 7.68. The lowest BCUT2D eigenvalue weighted by Gasteiger charge is -2.17. The summed E-state index contributed by atoms with van der Waals surface area (Å²) in [6.45, 7) is 1.97. The fraction of sp³-hybridized carbons (Fsp3) is 0.100. The van der Waals surface area contributed by atoms with Crippen molar-refractivity contribution < 1.29 is 9.53 Å². The summed E-state index contributed by atoms with van der Waals surface area (Å²) in [7, 11) is 1.58. The Labute approximate surface area is 157 Å². The van der Waals surface area contributed by atoms with Gasteiger partial charge in [-0.1, -0.05) is 72.5 Å². The van der Waals surface area contributed by atoms with Gasteiger partial charge in [-0.15, -0.1) is 0 Å². The lowest BCUT2D eigenvalue weighted by Crippen LogP contribution is -2.27. The van der Waals surface area contributed by atoms with E-state index in [1.807, 2.05) is 73.7 Å². The molecule has 0 unspecified atom stereocenters. The molecule has 0 radical (unpaired) electrons. The van der Waals surface area contributed by atoms with Crippen LogP contribution in [0.25, 0.3) is 6.08 Å². The van der Waals surface area contributed by atoms with Gasteiger partial charge in [0, 0.05) is 0 Å². The van der Waals surface area contributed by atoms with Gasteiger partial charge in [0.05, 0.1) is 17.7 Å². The molecule has 0 aliphatic carbocycles. The van der Waals surface area contributed by atoms with E-state index in [1.165, 1.54) is 16.7 Å². The average molecular weight is 367 g/mol. The van der Waals surface area contributed by atoms with Gasteiger partial charge in [0.25, 0.3) is 5.91 Å². The molecule has 126 valence electrons. The van der Waals surface area contributed by atoms with Crippen LogP contribution >= 0.6 is 24.0 Å². The Morgan fingerprint density at radius 1 is 1.12 bits per heavy atom. The van der Waals surface area contributed by atoms with Crippen molar-refractivity contribution in [2.75, 3.05) is 12.0 Å². The molecule has 5 heteroatoms. The lowest BCUT2D eigenvalue weighted by molar-refractivity contribution is -0.113. The topological polar surface area (TPSA) is 29.5 Å². The minimum absolute atomic E-state index is 0.125. The number of carbonyl (C=O) groups is 1. The molecule has 0 N–H and O–H groups in total. The van der Waals surface area contributed by atoms with Gasteiger partial charge >= 0.3 is 0 Å². The Kier molecular flexibility index (Phi) is 5.36. The molecule has 3 rings (SSSR count). The molecule has 0 saturated carbocycles. The zero-order valence-corrected chi connectivity index (χ0v) is 15.6. The van der Waals surface area contributed by atoms with Crippen molar-refractivity contribution in [1.29, 1.82) is 0 Å². The smallest absolute Gasteiger partial charge is 0.270 e. The van der Waals surface area contributed by atoms with Crippen molar-refractivity contribution in [1.82, 2.24) is 0 Å². The predicted octanol–water partition coefficient (Wildman–Crippen LogP) is 5.05. The van der Waals surface area contributed by atoms with E-state index in [4.69, 9.17) is 17.0 Å². The maximum absolute atomic E-state index is 12.8. The molecule has 1 aliphatic rings. The van der Waals surface area contributed by atoms with E-state index in [0.29, 0.717) is 20.7 Å². The summed E-state index contributed by atoms with van der Waals surface area (Å²) in [5.74, 6) is 0.497. The monoisotopic (exact) mass is 367 g/mol. The van der Waals surface area contributed by atoms with E-state index in [2.05, 4.69) is 0 Å². The number of thiocarbonyl (C=S) groups is 1. The molecule has 1 fully saturated rings. The largest absolute Gasteiger partial charge is 0.495 e. The summed E-state index contributed by atoms with van der Waals surface area (Å²) >= 11 is 6.73. The Morgan fingerprint density at radius 3 is 2.52 bits per heavy atom. The maximum Gasteiger partial charge on any atom is 0.270 e. The first-order chi connectivity index (χ1) is 12.1. The molecule has 0 bridgehead atoms. The number of nitrogens with zero attached hydrogens (tertiary/aromatic N) is 1. The molecule has 0 aromatic heterocycles. The fourth-order valence-electron chi connectivity index (χ4n) is 2.55. The fourth-order valence-corrected chi connectivity index (χ4v) is 3.89. The normalized spacial score (nSPS) is 16.6. The first-order valence-corrected chi connectivity index (χ1v) is 8.97. The van der Waals surface area contributed by atoms with Crippen LogP contribution < -0.4 is 9.64 Å². The van der Waals surface area contributed by atoms with E-state index in [0.717, 1.165) is 11.1 Å². The number of methoxy groups -OCH3 is 1. The van der Waals surface area contributed by atoms with Gasteiger partial charge in [0.2, 0.25) is 0 Å². The van der Waals surface area contributed by atoms with Gasteiger partial charge in [-0.25, -0.2) is 0 Å². The number of benzene rings is 2. The Hall–Kier alpha value is -2.37. The van der Waals surface area contributed by atoms with Gasteiger partial charge < -0.3 is 4.74 Å². The summed E-state index contributed by atoms with van der Waals surface area (Å²) in [6.07, 6.45) is 3.91. The van der Waals surface area contributed by atoms with E-state index in [-0.39, 0.29) is 5.91 Å². The molecule has 1 saturated heterocycles. The first kappa shape index (κ1) is 17.5. The summed E-state index contributed by atoms with van der Waals surface area (Å²) in [6, 6.07) is 17.4. The average Bonchev–Trinajstić information content (AvgIpc) is 2.89. The molecule has 1 amide bonds. The summed E-state index contributed by atoms with van der Waals surface area (Å²) < 4.78 is 5.86. The summed E-state index contributed by atoms with van der Waals surface area (Å²) in [4.78, 5) is 15.0. The van der Waals surface area contributed by atoms with Gasteiger partial charge in [-0.3, -0.25) is 9.69 Å². The first-order valence-electron chi connectivity index (χ1n) is 7.74. The number of ether oxygens (including phenoxy) is 1. The summed E-state index contributed by atoms with van der Waals surface area (Å²) in [5.41, 5.74) is 2.75. The summed E-state index contributed by atoms with van der Waals surface area (Å²) in [5, 5.41) is 0. The molecule has 0 spiro atoms.